The lowest BCUT2D eigenvalue weighted by molar-refractivity contribution is -0.122. The molecule has 1 aromatic heterocycles. The summed E-state index contributed by atoms with van der Waals surface area (Å²) in [5.74, 6) is 0.652. The molecule has 0 bridgehead atoms. The number of pyridine rings is 1. The molecule has 0 spiro atoms. The van der Waals surface area contributed by atoms with Gasteiger partial charge in [-0.25, -0.2) is 0 Å². The summed E-state index contributed by atoms with van der Waals surface area (Å²) in [6, 6.07) is 14.4. The average Bonchev–Trinajstić information content (AvgIpc) is 2.64. The summed E-state index contributed by atoms with van der Waals surface area (Å²) in [5, 5.41) is 3.57. The van der Waals surface area contributed by atoms with Crippen LogP contribution < -0.4 is 15.5 Å². The van der Waals surface area contributed by atoms with E-state index in [4.69, 9.17) is 4.74 Å². The molecule has 1 heterocycles. The predicted molar refractivity (Wildman–Crippen MR) is 105 cm³/mol. The number of nitrogens with one attached hydrogen (secondary N) is 1. The van der Waals surface area contributed by atoms with Gasteiger partial charge < -0.3 is 14.6 Å². The summed E-state index contributed by atoms with van der Waals surface area (Å²) in [4.78, 5) is 24.5. The Bertz CT molecular complexity index is 996. The van der Waals surface area contributed by atoms with E-state index >= 15 is 0 Å². The van der Waals surface area contributed by atoms with Crippen LogP contribution in [0, 0.1) is 0 Å². The minimum Gasteiger partial charge on any atom is -0.497 e. The fourth-order valence-corrected chi connectivity index (χ4v) is 3.20. The standard InChI is InChI=1S/C20H19BrN2O3/c1-13(14-3-6-16(26-2)7-4-14)22-20(25)12-23-10-9-19(24)17-11-15(21)5-8-18(17)23/h3-11,13H,12H2,1-2H3,(H,22,25)/t13-/m0/s1. The van der Waals surface area contributed by atoms with Crippen molar-refractivity contribution in [3.63, 3.8) is 0 Å². The molecule has 5 nitrogen and oxygen atoms in total. The Morgan fingerprint density at radius 1 is 1.19 bits per heavy atom. The Morgan fingerprint density at radius 2 is 1.92 bits per heavy atom. The van der Waals surface area contributed by atoms with Crippen LogP contribution in [0.5, 0.6) is 5.75 Å². The molecular weight excluding hydrogens is 396 g/mol. The molecule has 1 atom stereocenters. The van der Waals surface area contributed by atoms with Crippen LogP contribution in [0.2, 0.25) is 0 Å². The zero-order chi connectivity index (χ0) is 18.7. The fraction of sp³-hybridized carbons (Fsp3) is 0.200. The van der Waals surface area contributed by atoms with E-state index in [1.54, 1.807) is 23.9 Å². The minimum absolute atomic E-state index is 0.0652. The second-order valence-corrected chi connectivity index (χ2v) is 6.95. The summed E-state index contributed by atoms with van der Waals surface area (Å²) in [7, 11) is 1.62. The van der Waals surface area contributed by atoms with Crippen molar-refractivity contribution < 1.29 is 9.53 Å². The molecule has 3 aromatic rings. The van der Waals surface area contributed by atoms with Crippen molar-refractivity contribution in [1.82, 2.24) is 9.88 Å². The molecule has 0 unspecified atom stereocenters. The van der Waals surface area contributed by atoms with Crippen LogP contribution in [0.25, 0.3) is 10.9 Å². The fourth-order valence-electron chi connectivity index (χ4n) is 2.84. The van der Waals surface area contributed by atoms with Crippen LogP contribution in [0.15, 0.2) is 64.0 Å². The highest BCUT2D eigenvalue weighted by molar-refractivity contribution is 9.10. The van der Waals surface area contributed by atoms with Gasteiger partial charge in [-0.2, -0.15) is 0 Å². The number of carbonyl (C=O) groups excluding carboxylic acids is 1. The van der Waals surface area contributed by atoms with Crippen LogP contribution in [-0.2, 0) is 11.3 Å². The molecule has 6 heteroatoms. The lowest BCUT2D eigenvalue weighted by Gasteiger charge is -2.16. The van der Waals surface area contributed by atoms with Gasteiger partial charge >= 0.3 is 0 Å². The summed E-state index contributed by atoms with van der Waals surface area (Å²) in [6.07, 6.45) is 1.65. The second kappa shape index (κ2) is 7.74. The molecule has 3 rings (SSSR count). The van der Waals surface area contributed by atoms with E-state index in [1.165, 1.54) is 6.07 Å². The largest absolute Gasteiger partial charge is 0.497 e. The first-order valence-corrected chi connectivity index (χ1v) is 8.99. The van der Waals surface area contributed by atoms with E-state index in [1.807, 2.05) is 43.3 Å². The predicted octanol–water partition coefficient (Wildman–Crippen LogP) is 3.65. The number of methoxy groups -OCH3 is 1. The summed E-state index contributed by atoms with van der Waals surface area (Å²) < 4.78 is 7.76. The van der Waals surface area contributed by atoms with E-state index < -0.39 is 0 Å². The molecule has 2 aromatic carbocycles. The summed E-state index contributed by atoms with van der Waals surface area (Å²) >= 11 is 3.37. The van der Waals surface area contributed by atoms with Crippen molar-refractivity contribution in [1.29, 1.82) is 0 Å². The number of nitrogens with zero attached hydrogens (tertiary/aromatic N) is 1. The third kappa shape index (κ3) is 3.96. The maximum Gasteiger partial charge on any atom is 0.240 e. The first kappa shape index (κ1) is 18.2. The van der Waals surface area contributed by atoms with E-state index in [-0.39, 0.29) is 23.9 Å². The molecule has 0 aliphatic rings. The molecular formula is C20H19BrN2O3. The highest BCUT2D eigenvalue weighted by atomic mass is 79.9. The van der Waals surface area contributed by atoms with Gasteiger partial charge in [0.15, 0.2) is 5.43 Å². The number of halogens is 1. The Hall–Kier alpha value is -2.60. The number of aromatic nitrogens is 1. The van der Waals surface area contributed by atoms with Crippen molar-refractivity contribution in [2.45, 2.75) is 19.5 Å². The van der Waals surface area contributed by atoms with Crippen LogP contribution in [0.3, 0.4) is 0 Å². The summed E-state index contributed by atoms with van der Waals surface area (Å²) in [5.41, 5.74) is 1.66. The maximum atomic E-state index is 12.5. The Labute approximate surface area is 159 Å². The number of carbonyl (C=O) groups is 1. The number of hydrogen-bond acceptors (Lipinski definition) is 3. The number of amides is 1. The quantitative estimate of drug-likeness (QED) is 0.692. The van der Waals surface area contributed by atoms with Crippen molar-refractivity contribution in [2.75, 3.05) is 7.11 Å². The molecule has 0 fully saturated rings. The van der Waals surface area contributed by atoms with Gasteiger partial charge in [-0.05, 0) is 42.8 Å². The van der Waals surface area contributed by atoms with E-state index in [0.29, 0.717) is 5.39 Å². The lowest BCUT2D eigenvalue weighted by atomic mass is 10.1. The van der Waals surface area contributed by atoms with E-state index in [9.17, 15) is 9.59 Å². The number of rotatable bonds is 5. The van der Waals surface area contributed by atoms with Crippen molar-refractivity contribution in [2.24, 2.45) is 0 Å². The van der Waals surface area contributed by atoms with Crippen molar-refractivity contribution >= 4 is 32.7 Å². The molecule has 0 radical (unpaired) electrons. The zero-order valence-electron chi connectivity index (χ0n) is 14.5. The molecule has 0 aliphatic carbocycles. The van der Waals surface area contributed by atoms with Crippen LogP contribution in [0.1, 0.15) is 18.5 Å². The first-order chi connectivity index (χ1) is 12.5. The van der Waals surface area contributed by atoms with Gasteiger partial charge in [0.2, 0.25) is 5.91 Å². The van der Waals surface area contributed by atoms with Gasteiger partial charge in [0.25, 0.3) is 0 Å². The van der Waals surface area contributed by atoms with E-state index in [2.05, 4.69) is 21.2 Å². The van der Waals surface area contributed by atoms with Gasteiger partial charge in [-0.3, -0.25) is 9.59 Å². The third-order valence-corrected chi connectivity index (χ3v) is 4.74. The Balaban J connectivity index is 1.76. The monoisotopic (exact) mass is 414 g/mol. The maximum absolute atomic E-state index is 12.5. The summed E-state index contributed by atoms with van der Waals surface area (Å²) in [6.45, 7) is 2.07. The number of ether oxygens (including phenoxy) is 1. The molecule has 0 aliphatic heterocycles. The molecule has 0 saturated heterocycles. The molecule has 1 N–H and O–H groups in total. The number of hydrogen-bond donors (Lipinski definition) is 1. The molecule has 26 heavy (non-hydrogen) atoms. The molecule has 134 valence electrons. The smallest absolute Gasteiger partial charge is 0.240 e. The van der Waals surface area contributed by atoms with Gasteiger partial charge in [-0.15, -0.1) is 0 Å². The molecule has 1 amide bonds. The topological polar surface area (TPSA) is 60.3 Å². The van der Waals surface area contributed by atoms with Crippen molar-refractivity contribution in [3.8, 4) is 5.75 Å². The highest BCUT2D eigenvalue weighted by Crippen LogP contribution is 2.18. The van der Waals surface area contributed by atoms with Crippen LogP contribution in [0.4, 0.5) is 0 Å². The van der Waals surface area contributed by atoms with Gasteiger partial charge in [0.05, 0.1) is 18.7 Å². The van der Waals surface area contributed by atoms with Crippen LogP contribution >= 0.6 is 15.9 Å². The molecule has 0 saturated carbocycles. The minimum atomic E-state index is -0.131. The lowest BCUT2D eigenvalue weighted by Crippen LogP contribution is -2.30. The Morgan fingerprint density at radius 3 is 2.62 bits per heavy atom. The second-order valence-electron chi connectivity index (χ2n) is 6.03. The normalized spacial score (nSPS) is 12.0. The number of fused-ring (bicyclic) bond motifs is 1. The SMILES string of the molecule is COc1ccc([C@H](C)NC(=O)Cn2ccc(=O)c3cc(Br)ccc32)cc1. The van der Waals surface area contributed by atoms with Crippen LogP contribution in [-0.4, -0.2) is 17.6 Å². The van der Waals surface area contributed by atoms with Crippen molar-refractivity contribution in [3.05, 3.63) is 75.0 Å². The Kier molecular flexibility index (Phi) is 5.42. The van der Waals surface area contributed by atoms with Gasteiger partial charge in [0.1, 0.15) is 12.3 Å². The average molecular weight is 415 g/mol. The first-order valence-electron chi connectivity index (χ1n) is 8.20. The highest BCUT2D eigenvalue weighted by Gasteiger charge is 2.12. The van der Waals surface area contributed by atoms with Gasteiger partial charge in [0, 0.05) is 22.1 Å². The number of benzene rings is 2. The van der Waals surface area contributed by atoms with Gasteiger partial charge in [-0.1, -0.05) is 28.1 Å². The van der Waals surface area contributed by atoms with E-state index in [0.717, 1.165) is 21.3 Å². The zero-order valence-corrected chi connectivity index (χ0v) is 16.1. The third-order valence-electron chi connectivity index (χ3n) is 4.25.